The summed E-state index contributed by atoms with van der Waals surface area (Å²) < 4.78 is 5.54. The Kier molecular flexibility index (Phi) is 10.1. The lowest BCUT2D eigenvalue weighted by Crippen LogP contribution is -1.99. The maximum Gasteiger partial charge on any atom is 0.225 e. The van der Waals surface area contributed by atoms with Crippen molar-refractivity contribution in [2.24, 2.45) is 0 Å². The minimum absolute atomic E-state index is 0.585. The fraction of sp³-hybridized carbons (Fsp3) is 0.818. The monoisotopic (exact) mass is 284 g/mol. The first kappa shape index (κ1) is 16.7. The zero-order valence-electron chi connectivity index (χ0n) is 10.4. The van der Waals surface area contributed by atoms with E-state index in [1.54, 1.807) is 0 Å². The molecule has 0 saturated heterocycles. The molecule has 0 radical (unpaired) electrons. The highest BCUT2D eigenvalue weighted by molar-refractivity contribution is 8.76. The molecule has 0 rings (SSSR count). The van der Waals surface area contributed by atoms with E-state index >= 15 is 0 Å². The van der Waals surface area contributed by atoms with Crippen LogP contribution in [0, 0.1) is 0 Å². The minimum atomic E-state index is -2.55. The molecule has 16 heavy (non-hydrogen) atoms. The average molecular weight is 284 g/mol. The van der Waals surface area contributed by atoms with Crippen LogP contribution in [0.3, 0.4) is 0 Å². The first-order valence-electron chi connectivity index (χ1n) is 5.92. The van der Waals surface area contributed by atoms with E-state index < -0.39 is 16.2 Å². The van der Waals surface area contributed by atoms with Gasteiger partial charge in [0.1, 0.15) is 0 Å². The molecule has 0 bridgehead atoms. The zero-order chi connectivity index (χ0) is 12.4. The lowest BCUT2D eigenvalue weighted by atomic mass is 10.4. The smallest absolute Gasteiger partial charge is 0.225 e. The first-order chi connectivity index (χ1) is 7.58. The summed E-state index contributed by atoms with van der Waals surface area (Å²) in [7, 11) is -0.585. The van der Waals surface area contributed by atoms with Crippen molar-refractivity contribution >= 4 is 28.0 Å². The second-order valence-corrected chi connectivity index (χ2v) is 12.4. The van der Waals surface area contributed by atoms with Crippen LogP contribution in [0.5, 0.6) is 0 Å². The number of hydrogen-bond donors (Lipinski definition) is 2. The molecule has 0 aromatic rings. The van der Waals surface area contributed by atoms with Crippen LogP contribution in [0.2, 0.25) is 0 Å². The van der Waals surface area contributed by atoms with E-state index in [0.29, 0.717) is 6.61 Å². The predicted molar refractivity (Wildman–Crippen MR) is 81.2 cm³/mol. The second-order valence-electron chi connectivity index (χ2n) is 3.73. The Morgan fingerprint density at radius 3 is 2.50 bits per heavy atom. The van der Waals surface area contributed by atoms with E-state index in [9.17, 15) is 4.89 Å². The molecule has 0 amide bonds. The largest absolute Gasteiger partial charge is 0.339 e. The Hall–Kier alpha value is 0.660. The van der Waals surface area contributed by atoms with Gasteiger partial charge in [0.15, 0.2) is 0 Å². The van der Waals surface area contributed by atoms with Crippen molar-refractivity contribution in [3.8, 4) is 0 Å². The third-order valence-corrected chi connectivity index (χ3v) is 10.9. The molecule has 0 aromatic heterocycles. The fourth-order valence-electron chi connectivity index (χ4n) is 1.22. The van der Waals surface area contributed by atoms with E-state index in [4.69, 9.17) is 16.3 Å². The van der Waals surface area contributed by atoms with Gasteiger partial charge in [-0.1, -0.05) is 32.8 Å². The summed E-state index contributed by atoms with van der Waals surface area (Å²) in [5.74, 6) is 1.84. The Balaban J connectivity index is 4.24. The van der Waals surface area contributed by atoms with Gasteiger partial charge in [-0.3, -0.25) is 0 Å². The highest BCUT2D eigenvalue weighted by Gasteiger charge is 2.21. The molecule has 0 spiro atoms. The topological polar surface area (TPSA) is 29.5 Å². The molecule has 2 unspecified atom stereocenters. The number of hydrogen-bond acceptors (Lipinski definition) is 2. The molecule has 0 heterocycles. The highest BCUT2D eigenvalue weighted by Crippen LogP contribution is 2.67. The normalized spacial score (nSPS) is 17.8. The zero-order valence-corrected chi connectivity index (χ0v) is 13.0. The summed E-state index contributed by atoms with van der Waals surface area (Å²) in [6.07, 6.45) is 6.17. The van der Waals surface area contributed by atoms with Crippen molar-refractivity contribution in [2.45, 2.75) is 39.5 Å². The van der Waals surface area contributed by atoms with Gasteiger partial charge in [0.25, 0.3) is 0 Å². The van der Waals surface area contributed by atoms with Gasteiger partial charge in [0.2, 0.25) is 5.69 Å². The molecule has 0 aromatic carbocycles. The van der Waals surface area contributed by atoms with Crippen LogP contribution in [0.25, 0.3) is 0 Å². The fourth-order valence-corrected chi connectivity index (χ4v) is 7.81. The standard InChI is InChI=1S/C11H25O2PS2/c1-4-7-9-13-14(12,15)16(10-6-3)11-8-5-2/h6,16H,3-5,7-11H2,1-2H3,(H,12,15). The van der Waals surface area contributed by atoms with Crippen LogP contribution >= 0.6 is 16.2 Å². The maximum absolute atomic E-state index is 10.2. The molecular weight excluding hydrogens is 259 g/mol. The van der Waals surface area contributed by atoms with Gasteiger partial charge in [-0.25, -0.2) is 0 Å². The first-order valence-corrected chi connectivity index (χ1v) is 11.0. The Labute approximate surface area is 108 Å². The van der Waals surface area contributed by atoms with Gasteiger partial charge in [-0.05, 0) is 30.4 Å². The van der Waals surface area contributed by atoms with Crippen molar-refractivity contribution in [1.29, 1.82) is 0 Å². The van der Waals surface area contributed by atoms with Crippen LogP contribution in [0.1, 0.15) is 39.5 Å². The van der Waals surface area contributed by atoms with Crippen LogP contribution < -0.4 is 0 Å². The molecule has 2 nitrogen and oxygen atoms in total. The lowest BCUT2D eigenvalue weighted by Gasteiger charge is -2.28. The van der Waals surface area contributed by atoms with Crippen LogP contribution in [0.15, 0.2) is 12.7 Å². The molecule has 5 heteroatoms. The molecular formula is C11H25O2PS2. The summed E-state index contributed by atoms with van der Waals surface area (Å²) >= 11 is 5.28. The van der Waals surface area contributed by atoms with Crippen LogP contribution in [-0.4, -0.2) is 23.0 Å². The Morgan fingerprint density at radius 2 is 2.00 bits per heavy atom. The maximum atomic E-state index is 10.2. The predicted octanol–water partition coefficient (Wildman–Crippen LogP) is 4.01. The molecule has 0 aliphatic carbocycles. The summed E-state index contributed by atoms with van der Waals surface area (Å²) in [6, 6.07) is 0. The van der Waals surface area contributed by atoms with Gasteiger partial charge in [0.05, 0.1) is 6.61 Å². The van der Waals surface area contributed by atoms with Gasteiger partial charge < -0.3 is 9.42 Å². The van der Waals surface area contributed by atoms with Crippen LogP contribution in [-0.2, 0) is 16.3 Å². The molecule has 2 atom stereocenters. The number of thiol groups is 1. The van der Waals surface area contributed by atoms with E-state index in [-0.39, 0.29) is 0 Å². The SMILES string of the molecule is C=CC[SH](CCCC)P(O)(=S)OCCCC. The molecule has 0 aliphatic heterocycles. The third kappa shape index (κ3) is 7.08. The Morgan fingerprint density at radius 1 is 1.38 bits per heavy atom. The summed E-state index contributed by atoms with van der Waals surface area (Å²) in [6.45, 7) is 8.60. The average Bonchev–Trinajstić information content (AvgIpc) is 2.24. The van der Waals surface area contributed by atoms with Crippen molar-refractivity contribution in [3.63, 3.8) is 0 Å². The van der Waals surface area contributed by atoms with Crippen molar-refractivity contribution in [3.05, 3.63) is 12.7 Å². The molecule has 98 valence electrons. The minimum Gasteiger partial charge on any atom is -0.339 e. The van der Waals surface area contributed by atoms with Crippen molar-refractivity contribution < 1.29 is 9.42 Å². The summed E-state index contributed by atoms with van der Waals surface area (Å²) in [4.78, 5) is 10.2. The van der Waals surface area contributed by atoms with Crippen molar-refractivity contribution in [1.82, 2.24) is 0 Å². The van der Waals surface area contributed by atoms with Crippen LogP contribution in [0.4, 0.5) is 0 Å². The molecule has 1 N–H and O–H groups in total. The highest BCUT2D eigenvalue weighted by atomic mass is 32.9. The van der Waals surface area contributed by atoms with E-state index in [0.717, 1.165) is 37.2 Å². The van der Waals surface area contributed by atoms with E-state index in [1.165, 1.54) is 0 Å². The van der Waals surface area contributed by atoms with Gasteiger partial charge >= 0.3 is 0 Å². The summed E-state index contributed by atoms with van der Waals surface area (Å²) in [5.41, 5.74) is -2.55. The molecule has 0 saturated carbocycles. The van der Waals surface area contributed by atoms with Crippen molar-refractivity contribution in [2.75, 3.05) is 18.1 Å². The molecule has 0 aliphatic rings. The Bertz CT molecular complexity index is 234. The van der Waals surface area contributed by atoms with E-state index in [1.807, 2.05) is 6.08 Å². The summed E-state index contributed by atoms with van der Waals surface area (Å²) in [5, 5.41) is 0. The molecule has 0 fully saturated rings. The second kappa shape index (κ2) is 9.67. The third-order valence-electron chi connectivity index (χ3n) is 2.22. The number of rotatable bonds is 10. The quantitative estimate of drug-likeness (QED) is 0.275. The van der Waals surface area contributed by atoms with E-state index in [2.05, 4.69) is 20.4 Å². The van der Waals surface area contributed by atoms with Gasteiger partial charge in [-0.2, -0.15) is 10.5 Å². The lowest BCUT2D eigenvalue weighted by molar-refractivity contribution is 0.312. The number of unbranched alkanes of at least 4 members (excludes halogenated alkanes) is 2. The van der Waals surface area contributed by atoms with Gasteiger partial charge in [0, 0.05) is 5.75 Å². The van der Waals surface area contributed by atoms with Gasteiger partial charge in [-0.15, -0.1) is 6.58 Å².